The quantitative estimate of drug-likeness (QED) is 0.156. The van der Waals surface area contributed by atoms with Crippen molar-refractivity contribution < 1.29 is 14.6 Å². The fourth-order valence-electron chi connectivity index (χ4n) is 5.07. The van der Waals surface area contributed by atoms with E-state index in [9.17, 15) is 5.11 Å². The Hall–Kier alpha value is -4.08. The van der Waals surface area contributed by atoms with Crippen LogP contribution < -0.4 is 9.47 Å². The van der Waals surface area contributed by atoms with Crippen molar-refractivity contribution in [1.82, 2.24) is 0 Å². The Morgan fingerprint density at radius 3 is 2.05 bits per heavy atom. The number of aliphatic hydroxyl groups is 1. The summed E-state index contributed by atoms with van der Waals surface area (Å²) in [6, 6.07) is 28.7. The van der Waals surface area contributed by atoms with E-state index < -0.39 is 6.10 Å². The van der Waals surface area contributed by atoms with Gasteiger partial charge >= 0.3 is 0 Å². The summed E-state index contributed by atoms with van der Waals surface area (Å²) in [6.07, 6.45) is 8.53. The van der Waals surface area contributed by atoms with Crippen LogP contribution in [-0.2, 0) is 13.0 Å². The second kappa shape index (κ2) is 15.2. The molecule has 4 rings (SSSR count). The van der Waals surface area contributed by atoms with E-state index in [2.05, 4.69) is 75.9 Å². The Balaban J connectivity index is 1.60. The highest BCUT2D eigenvalue weighted by Crippen LogP contribution is 2.43. The molecular weight excluding hydrogens is 516 g/mol. The molecule has 3 heteroatoms. The van der Waals surface area contributed by atoms with Crippen LogP contribution in [0.15, 0.2) is 120 Å². The molecule has 1 unspecified atom stereocenters. The van der Waals surface area contributed by atoms with Crippen molar-refractivity contribution in [2.45, 2.75) is 72.5 Å². The lowest BCUT2D eigenvalue weighted by atomic mass is 9.95. The summed E-state index contributed by atoms with van der Waals surface area (Å²) in [5.74, 6) is 2.61. The van der Waals surface area contributed by atoms with Crippen molar-refractivity contribution in [2.24, 2.45) is 0 Å². The van der Waals surface area contributed by atoms with Crippen LogP contribution in [0.1, 0.15) is 63.1 Å². The summed E-state index contributed by atoms with van der Waals surface area (Å²) < 4.78 is 13.1. The Labute approximate surface area is 251 Å². The third kappa shape index (κ3) is 8.47. The lowest BCUT2D eigenvalue weighted by Gasteiger charge is -2.21. The van der Waals surface area contributed by atoms with Gasteiger partial charge in [0.2, 0.25) is 0 Å². The minimum absolute atomic E-state index is 0.422. The maximum atomic E-state index is 10.0. The Kier molecular flexibility index (Phi) is 11.2. The predicted molar refractivity (Wildman–Crippen MR) is 176 cm³/mol. The van der Waals surface area contributed by atoms with Gasteiger partial charge < -0.3 is 14.6 Å². The third-order valence-electron chi connectivity index (χ3n) is 7.74. The second-order valence-electron chi connectivity index (χ2n) is 11.2. The molecule has 1 N–H and O–H groups in total. The van der Waals surface area contributed by atoms with E-state index in [1.165, 1.54) is 11.1 Å². The molecule has 0 aliphatic rings. The van der Waals surface area contributed by atoms with Crippen molar-refractivity contribution in [1.29, 1.82) is 0 Å². The number of ether oxygens (including phenoxy) is 2. The largest absolute Gasteiger partial charge is 0.488 e. The molecule has 4 aromatic rings. The monoisotopic (exact) mass is 560 g/mol. The highest BCUT2D eigenvalue weighted by molar-refractivity contribution is 5.96. The summed E-state index contributed by atoms with van der Waals surface area (Å²) >= 11 is 0. The average Bonchev–Trinajstić information content (AvgIpc) is 3.00. The van der Waals surface area contributed by atoms with Gasteiger partial charge in [0, 0.05) is 16.3 Å². The molecule has 0 fully saturated rings. The number of aliphatic hydroxyl groups excluding tert-OH is 1. The van der Waals surface area contributed by atoms with Gasteiger partial charge in [-0.2, -0.15) is 0 Å². The van der Waals surface area contributed by atoms with E-state index in [4.69, 9.17) is 9.47 Å². The molecule has 0 aliphatic carbocycles. The van der Waals surface area contributed by atoms with Crippen LogP contribution in [0.2, 0.25) is 0 Å². The first-order chi connectivity index (χ1) is 20.3. The summed E-state index contributed by atoms with van der Waals surface area (Å²) in [5, 5.41) is 12.1. The molecule has 1 atom stereocenters. The van der Waals surface area contributed by atoms with Gasteiger partial charge in [0.1, 0.15) is 23.9 Å². The van der Waals surface area contributed by atoms with Crippen LogP contribution in [0.5, 0.6) is 17.2 Å². The molecule has 0 spiro atoms. The summed E-state index contributed by atoms with van der Waals surface area (Å²) in [4.78, 5) is 0. The van der Waals surface area contributed by atoms with Crippen LogP contribution in [0.4, 0.5) is 0 Å². The molecular formula is C39H44O3. The molecule has 3 nitrogen and oxygen atoms in total. The highest BCUT2D eigenvalue weighted by Gasteiger charge is 2.19. The maximum Gasteiger partial charge on any atom is 0.139 e. The lowest BCUT2D eigenvalue weighted by molar-refractivity contribution is 0.201. The molecule has 42 heavy (non-hydrogen) atoms. The van der Waals surface area contributed by atoms with Gasteiger partial charge in [-0.1, -0.05) is 108 Å². The first-order valence-electron chi connectivity index (χ1n) is 14.9. The standard InChI is InChI=1S/C39H44O3/c1-28(2)37(40)26-24-30(4)16-14-15-29(3)23-25-34-31(5)38(41-27-32-17-8-6-9-18-32)35-21-12-13-22-36(35)39(34)42-33-19-10-7-11-20-33/h6-13,16-23,37,40H,1,14-15,24-27H2,2-5H3/b29-23+,30-16+. The average molecular weight is 561 g/mol. The zero-order valence-electron chi connectivity index (χ0n) is 25.5. The number of hydrogen-bond donors (Lipinski definition) is 1. The molecule has 0 aromatic heterocycles. The normalized spacial score (nSPS) is 12.8. The van der Waals surface area contributed by atoms with Gasteiger partial charge in [0.25, 0.3) is 0 Å². The fraction of sp³-hybridized carbons (Fsp3) is 0.282. The van der Waals surface area contributed by atoms with Crippen LogP contribution in [0.3, 0.4) is 0 Å². The minimum atomic E-state index is -0.422. The Bertz CT molecular complexity index is 1530. The van der Waals surface area contributed by atoms with E-state index in [-0.39, 0.29) is 0 Å². The Morgan fingerprint density at radius 2 is 1.38 bits per heavy atom. The van der Waals surface area contributed by atoms with Gasteiger partial charge in [-0.15, -0.1) is 0 Å². The Morgan fingerprint density at radius 1 is 0.786 bits per heavy atom. The van der Waals surface area contributed by atoms with Crippen molar-refractivity contribution in [3.8, 4) is 17.2 Å². The number of hydrogen-bond acceptors (Lipinski definition) is 3. The van der Waals surface area contributed by atoms with Gasteiger partial charge in [-0.3, -0.25) is 0 Å². The molecule has 0 amide bonds. The van der Waals surface area contributed by atoms with Gasteiger partial charge in [0.05, 0.1) is 6.10 Å². The molecule has 218 valence electrons. The number of benzene rings is 4. The van der Waals surface area contributed by atoms with Crippen molar-refractivity contribution in [3.05, 3.63) is 137 Å². The predicted octanol–water partition coefficient (Wildman–Crippen LogP) is 10.5. The van der Waals surface area contributed by atoms with E-state index in [0.29, 0.717) is 6.61 Å². The maximum absolute atomic E-state index is 10.0. The molecule has 0 saturated heterocycles. The van der Waals surface area contributed by atoms with Crippen LogP contribution >= 0.6 is 0 Å². The smallest absolute Gasteiger partial charge is 0.139 e. The first-order valence-corrected chi connectivity index (χ1v) is 14.9. The zero-order chi connectivity index (χ0) is 29.9. The van der Waals surface area contributed by atoms with Crippen molar-refractivity contribution in [2.75, 3.05) is 0 Å². The number of fused-ring (bicyclic) bond motifs is 1. The molecule has 0 saturated carbocycles. The third-order valence-corrected chi connectivity index (χ3v) is 7.74. The molecule has 0 heterocycles. The zero-order valence-corrected chi connectivity index (χ0v) is 25.5. The van der Waals surface area contributed by atoms with Gasteiger partial charge in [-0.05, 0) is 83.1 Å². The molecule has 0 bridgehead atoms. The van der Waals surface area contributed by atoms with E-state index in [0.717, 1.165) is 82.4 Å². The second-order valence-corrected chi connectivity index (χ2v) is 11.2. The topological polar surface area (TPSA) is 38.7 Å². The van der Waals surface area contributed by atoms with Crippen LogP contribution in [0, 0.1) is 6.92 Å². The van der Waals surface area contributed by atoms with Gasteiger partial charge in [0.15, 0.2) is 0 Å². The van der Waals surface area contributed by atoms with E-state index in [1.54, 1.807) is 0 Å². The van der Waals surface area contributed by atoms with Crippen LogP contribution in [-0.4, -0.2) is 11.2 Å². The number of para-hydroxylation sites is 1. The van der Waals surface area contributed by atoms with Gasteiger partial charge in [-0.25, -0.2) is 0 Å². The summed E-state index contributed by atoms with van der Waals surface area (Å²) in [6.45, 7) is 12.7. The first kappa shape index (κ1) is 30.9. The van der Waals surface area contributed by atoms with Crippen molar-refractivity contribution >= 4 is 10.8 Å². The molecule has 0 radical (unpaired) electrons. The number of allylic oxidation sites excluding steroid dienone is 4. The fourth-order valence-corrected chi connectivity index (χ4v) is 5.07. The lowest BCUT2D eigenvalue weighted by Crippen LogP contribution is -2.06. The SMILES string of the molecule is C=C(C)C(O)CC/C(C)=C/CC/C(C)=C/Cc1c(C)c(OCc2ccccc2)c2ccccc2c1Oc1ccccc1. The van der Waals surface area contributed by atoms with E-state index >= 15 is 0 Å². The number of rotatable bonds is 14. The molecule has 4 aromatic carbocycles. The van der Waals surface area contributed by atoms with Crippen molar-refractivity contribution in [3.63, 3.8) is 0 Å². The summed E-state index contributed by atoms with van der Waals surface area (Å²) in [5.41, 5.74) is 6.86. The minimum Gasteiger partial charge on any atom is -0.488 e. The molecule has 0 aliphatic heterocycles. The van der Waals surface area contributed by atoms with E-state index in [1.807, 2.05) is 55.5 Å². The highest BCUT2D eigenvalue weighted by atomic mass is 16.5. The van der Waals surface area contributed by atoms with Crippen LogP contribution in [0.25, 0.3) is 10.8 Å². The summed E-state index contributed by atoms with van der Waals surface area (Å²) in [7, 11) is 0.